The second kappa shape index (κ2) is 14.3. The number of carbonyl (C=O) groups is 1. The highest BCUT2D eigenvalue weighted by atomic mass is 32.1. The summed E-state index contributed by atoms with van der Waals surface area (Å²) < 4.78 is 11.1. The minimum absolute atomic E-state index is 0.0266. The summed E-state index contributed by atoms with van der Waals surface area (Å²) in [6.45, 7) is 5.50. The number of ether oxygens (including phenoxy) is 2. The molecule has 6 heteroatoms. The third-order valence-corrected chi connectivity index (χ3v) is 4.44. The van der Waals surface area contributed by atoms with Crippen molar-refractivity contribution < 1.29 is 14.3 Å². The SMILES string of the molecule is CCCCCCCC(=O)NC(=S)NCc1ccc(OCCCC)c(OC)c1. The van der Waals surface area contributed by atoms with E-state index < -0.39 is 0 Å². The fraction of sp³-hybridized carbons (Fsp3) is 0.619. The lowest BCUT2D eigenvalue weighted by molar-refractivity contribution is -0.119. The van der Waals surface area contributed by atoms with E-state index in [0.717, 1.165) is 37.0 Å². The molecule has 0 aliphatic rings. The fourth-order valence-corrected chi connectivity index (χ4v) is 2.76. The monoisotopic (exact) mass is 394 g/mol. The maximum atomic E-state index is 11.9. The topological polar surface area (TPSA) is 59.6 Å². The zero-order valence-electron chi connectivity index (χ0n) is 16.9. The molecule has 27 heavy (non-hydrogen) atoms. The van der Waals surface area contributed by atoms with Gasteiger partial charge >= 0.3 is 0 Å². The van der Waals surface area contributed by atoms with Crippen LogP contribution in [0.25, 0.3) is 0 Å². The Balaban J connectivity index is 2.36. The summed E-state index contributed by atoms with van der Waals surface area (Å²) >= 11 is 5.21. The van der Waals surface area contributed by atoms with E-state index in [9.17, 15) is 4.79 Å². The molecule has 0 atom stereocenters. The standard InChI is InChI=1S/C21H34N2O3S/c1-4-6-8-9-10-11-20(24)23-21(27)22-16-17-12-13-18(19(15-17)25-3)26-14-7-5-2/h12-13,15H,4-11,14,16H2,1-3H3,(H2,22,23,24,27). The van der Waals surface area contributed by atoms with Crippen LogP contribution in [-0.2, 0) is 11.3 Å². The number of amides is 1. The number of carbonyl (C=O) groups excluding carboxylic acids is 1. The van der Waals surface area contributed by atoms with Gasteiger partial charge in [-0.2, -0.15) is 0 Å². The minimum atomic E-state index is -0.0266. The number of nitrogens with one attached hydrogen (secondary N) is 2. The van der Waals surface area contributed by atoms with E-state index in [0.29, 0.717) is 30.4 Å². The van der Waals surface area contributed by atoms with Crippen LogP contribution in [0.1, 0.15) is 70.8 Å². The molecule has 1 aromatic rings. The van der Waals surface area contributed by atoms with Crippen LogP contribution in [-0.4, -0.2) is 24.7 Å². The van der Waals surface area contributed by atoms with E-state index in [-0.39, 0.29) is 5.91 Å². The molecule has 1 rings (SSSR count). The van der Waals surface area contributed by atoms with Gasteiger partial charge in [-0.25, -0.2) is 0 Å². The molecular formula is C21H34N2O3S. The maximum absolute atomic E-state index is 11.9. The van der Waals surface area contributed by atoms with E-state index in [1.165, 1.54) is 19.3 Å². The number of thiocarbonyl (C=S) groups is 1. The third kappa shape index (κ3) is 10.2. The third-order valence-electron chi connectivity index (χ3n) is 4.20. The highest BCUT2D eigenvalue weighted by Gasteiger charge is 2.08. The summed E-state index contributed by atoms with van der Waals surface area (Å²) in [6.07, 6.45) is 8.24. The lowest BCUT2D eigenvalue weighted by atomic mass is 10.1. The van der Waals surface area contributed by atoms with E-state index >= 15 is 0 Å². The second-order valence-corrected chi connectivity index (χ2v) is 6.99. The van der Waals surface area contributed by atoms with Gasteiger partial charge in [-0.1, -0.05) is 52.0 Å². The van der Waals surface area contributed by atoms with Crippen molar-refractivity contribution in [3.05, 3.63) is 23.8 Å². The first-order valence-corrected chi connectivity index (χ1v) is 10.4. The molecule has 0 bridgehead atoms. The lowest BCUT2D eigenvalue weighted by Gasteiger charge is -2.13. The predicted octanol–water partition coefficient (Wildman–Crippen LogP) is 4.73. The summed E-state index contributed by atoms with van der Waals surface area (Å²) in [5.41, 5.74) is 1.01. The van der Waals surface area contributed by atoms with Crippen molar-refractivity contribution in [3.8, 4) is 11.5 Å². The first-order chi connectivity index (χ1) is 13.1. The normalized spacial score (nSPS) is 10.3. The molecule has 5 nitrogen and oxygen atoms in total. The number of methoxy groups -OCH3 is 1. The van der Waals surface area contributed by atoms with E-state index in [1.54, 1.807) is 7.11 Å². The van der Waals surface area contributed by atoms with Crippen molar-refractivity contribution >= 4 is 23.2 Å². The molecule has 0 aliphatic carbocycles. The van der Waals surface area contributed by atoms with Crippen LogP contribution in [0.5, 0.6) is 11.5 Å². The number of benzene rings is 1. The van der Waals surface area contributed by atoms with Crippen LogP contribution in [0.15, 0.2) is 18.2 Å². The van der Waals surface area contributed by atoms with Gasteiger partial charge in [0.05, 0.1) is 13.7 Å². The summed E-state index contributed by atoms with van der Waals surface area (Å²) in [6, 6.07) is 5.80. The van der Waals surface area contributed by atoms with Crippen LogP contribution < -0.4 is 20.1 Å². The summed E-state index contributed by atoms with van der Waals surface area (Å²) in [4.78, 5) is 11.9. The smallest absolute Gasteiger partial charge is 0.226 e. The van der Waals surface area contributed by atoms with Crippen LogP contribution >= 0.6 is 12.2 Å². The fourth-order valence-electron chi connectivity index (χ4n) is 2.57. The van der Waals surface area contributed by atoms with Crippen molar-refractivity contribution in [2.45, 2.75) is 71.8 Å². The molecule has 0 unspecified atom stereocenters. The first kappa shape index (κ1) is 23.2. The molecule has 0 radical (unpaired) electrons. The highest BCUT2D eigenvalue weighted by molar-refractivity contribution is 7.80. The number of unbranched alkanes of at least 4 members (excludes halogenated alkanes) is 5. The average molecular weight is 395 g/mol. The number of rotatable bonds is 13. The molecule has 1 aromatic carbocycles. The molecule has 0 aliphatic heterocycles. The molecule has 0 saturated carbocycles. The van der Waals surface area contributed by atoms with E-state index in [2.05, 4.69) is 24.5 Å². The average Bonchev–Trinajstić information content (AvgIpc) is 2.67. The molecule has 0 spiro atoms. The van der Waals surface area contributed by atoms with Crippen LogP contribution in [0.3, 0.4) is 0 Å². The van der Waals surface area contributed by atoms with Crippen molar-refractivity contribution in [1.29, 1.82) is 0 Å². The van der Waals surface area contributed by atoms with Gasteiger partial charge in [-0.05, 0) is 42.8 Å². The Morgan fingerprint density at radius 1 is 1.04 bits per heavy atom. The largest absolute Gasteiger partial charge is 0.493 e. The van der Waals surface area contributed by atoms with Gasteiger partial charge < -0.3 is 20.1 Å². The zero-order valence-corrected chi connectivity index (χ0v) is 17.8. The predicted molar refractivity (Wildman–Crippen MR) is 114 cm³/mol. The summed E-state index contributed by atoms with van der Waals surface area (Å²) in [7, 11) is 1.63. The zero-order chi connectivity index (χ0) is 19.9. The van der Waals surface area contributed by atoms with Crippen LogP contribution in [0.4, 0.5) is 0 Å². The van der Waals surface area contributed by atoms with Gasteiger partial charge in [0.25, 0.3) is 0 Å². The molecule has 0 aromatic heterocycles. The molecule has 0 saturated heterocycles. The molecule has 0 fully saturated rings. The molecule has 1 amide bonds. The van der Waals surface area contributed by atoms with Crippen molar-refractivity contribution in [1.82, 2.24) is 10.6 Å². The van der Waals surface area contributed by atoms with Crippen molar-refractivity contribution in [2.24, 2.45) is 0 Å². The Kier molecular flexibility index (Phi) is 12.3. The van der Waals surface area contributed by atoms with Gasteiger partial charge in [0, 0.05) is 13.0 Å². The second-order valence-electron chi connectivity index (χ2n) is 6.58. The maximum Gasteiger partial charge on any atom is 0.226 e. The Bertz CT molecular complexity index is 579. The van der Waals surface area contributed by atoms with Gasteiger partial charge in [-0.3, -0.25) is 4.79 Å². The van der Waals surface area contributed by atoms with Crippen LogP contribution in [0.2, 0.25) is 0 Å². The summed E-state index contributed by atoms with van der Waals surface area (Å²) in [5, 5.41) is 6.16. The Labute approximate surface area is 169 Å². The lowest BCUT2D eigenvalue weighted by Crippen LogP contribution is -2.38. The minimum Gasteiger partial charge on any atom is -0.493 e. The quantitative estimate of drug-likeness (QED) is 0.374. The highest BCUT2D eigenvalue weighted by Crippen LogP contribution is 2.28. The Hall–Kier alpha value is -1.82. The molecule has 152 valence electrons. The van der Waals surface area contributed by atoms with Gasteiger partial charge in [0.1, 0.15) is 0 Å². The Morgan fingerprint density at radius 2 is 1.78 bits per heavy atom. The number of hydrogen-bond donors (Lipinski definition) is 2. The summed E-state index contributed by atoms with van der Waals surface area (Å²) in [5.74, 6) is 1.42. The number of hydrogen-bond acceptors (Lipinski definition) is 4. The van der Waals surface area contributed by atoms with Crippen molar-refractivity contribution in [2.75, 3.05) is 13.7 Å². The van der Waals surface area contributed by atoms with Crippen molar-refractivity contribution in [3.63, 3.8) is 0 Å². The van der Waals surface area contributed by atoms with Gasteiger partial charge in [-0.15, -0.1) is 0 Å². The molecular weight excluding hydrogens is 360 g/mol. The van der Waals surface area contributed by atoms with Crippen LogP contribution in [0, 0.1) is 0 Å². The first-order valence-electron chi connectivity index (χ1n) is 9.98. The van der Waals surface area contributed by atoms with E-state index in [4.69, 9.17) is 21.7 Å². The molecule has 2 N–H and O–H groups in total. The van der Waals surface area contributed by atoms with Gasteiger partial charge in [0.2, 0.25) is 5.91 Å². The van der Waals surface area contributed by atoms with E-state index in [1.807, 2.05) is 18.2 Å². The molecule has 0 heterocycles. The van der Waals surface area contributed by atoms with Gasteiger partial charge in [0.15, 0.2) is 16.6 Å². The Morgan fingerprint density at radius 3 is 2.48 bits per heavy atom.